The fraction of sp³-hybridized carbons (Fsp3) is 0.462. The molecule has 1 amide bonds. The lowest BCUT2D eigenvalue weighted by Crippen LogP contribution is -2.40. The Labute approximate surface area is 121 Å². The molecule has 104 valence electrons. The molecule has 1 aromatic rings. The Morgan fingerprint density at radius 1 is 1.32 bits per heavy atom. The Morgan fingerprint density at radius 2 is 1.95 bits per heavy atom. The van der Waals surface area contributed by atoms with Crippen molar-refractivity contribution >= 4 is 31.7 Å². The minimum absolute atomic E-state index is 0.0417. The van der Waals surface area contributed by atoms with Crippen LogP contribution in [0.15, 0.2) is 22.7 Å². The van der Waals surface area contributed by atoms with Crippen LogP contribution in [0.2, 0.25) is 0 Å². The normalized spacial score (nSPS) is 19.1. The summed E-state index contributed by atoms with van der Waals surface area (Å²) in [6.45, 7) is 1.92. The number of hydrogen-bond donors (Lipinski definition) is 1. The average molecular weight is 346 g/mol. The van der Waals surface area contributed by atoms with Gasteiger partial charge in [-0.25, -0.2) is 8.42 Å². The van der Waals surface area contributed by atoms with Gasteiger partial charge in [0.25, 0.3) is 5.91 Å². The predicted octanol–water partition coefficient (Wildman–Crippen LogP) is 2.06. The number of hydrogen-bond acceptors (Lipinski definition) is 3. The third-order valence-corrected chi connectivity index (χ3v) is 5.92. The standard InChI is InChI=1S/C13H16BrNO3S/c1-9-8-10(2-3-12(9)14)13(16)15-11-4-6-19(17,18)7-5-11/h2-3,8,11H,4-7H2,1H3,(H,15,16). The number of aryl methyl sites for hydroxylation is 1. The van der Waals surface area contributed by atoms with Crippen LogP contribution in [0.5, 0.6) is 0 Å². The fourth-order valence-corrected chi connectivity index (χ4v) is 3.83. The summed E-state index contributed by atoms with van der Waals surface area (Å²) >= 11 is 3.39. The first-order chi connectivity index (χ1) is 8.87. The van der Waals surface area contributed by atoms with Crippen LogP contribution < -0.4 is 5.32 Å². The molecule has 0 aromatic heterocycles. The molecule has 0 unspecified atom stereocenters. The van der Waals surface area contributed by atoms with Crippen molar-refractivity contribution in [2.75, 3.05) is 11.5 Å². The second-order valence-corrected chi connectivity index (χ2v) is 8.02. The average Bonchev–Trinajstić information content (AvgIpc) is 2.35. The molecule has 4 nitrogen and oxygen atoms in total. The smallest absolute Gasteiger partial charge is 0.251 e. The second-order valence-electron chi connectivity index (χ2n) is 4.86. The van der Waals surface area contributed by atoms with Gasteiger partial charge in [-0.3, -0.25) is 4.79 Å². The summed E-state index contributed by atoms with van der Waals surface area (Å²) in [5, 5.41) is 2.90. The van der Waals surface area contributed by atoms with E-state index in [0.29, 0.717) is 18.4 Å². The number of sulfone groups is 1. The Balaban J connectivity index is 2.00. The molecular formula is C13H16BrNO3S. The van der Waals surface area contributed by atoms with Gasteiger partial charge in [0.1, 0.15) is 9.84 Å². The maximum atomic E-state index is 12.1. The van der Waals surface area contributed by atoms with Crippen LogP contribution in [0, 0.1) is 6.92 Å². The number of nitrogens with one attached hydrogen (secondary N) is 1. The quantitative estimate of drug-likeness (QED) is 0.892. The van der Waals surface area contributed by atoms with Gasteiger partial charge in [0.05, 0.1) is 11.5 Å². The van der Waals surface area contributed by atoms with E-state index in [0.717, 1.165) is 10.0 Å². The molecule has 0 spiro atoms. The highest BCUT2D eigenvalue weighted by Gasteiger charge is 2.24. The van der Waals surface area contributed by atoms with E-state index in [2.05, 4.69) is 21.2 Å². The maximum absolute atomic E-state index is 12.1. The lowest BCUT2D eigenvalue weighted by molar-refractivity contribution is 0.0934. The Kier molecular flexibility index (Phi) is 4.30. The first kappa shape index (κ1) is 14.5. The highest BCUT2D eigenvalue weighted by Crippen LogP contribution is 2.18. The van der Waals surface area contributed by atoms with E-state index in [1.807, 2.05) is 19.1 Å². The molecule has 0 atom stereocenters. The van der Waals surface area contributed by atoms with Crippen LogP contribution >= 0.6 is 15.9 Å². The van der Waals surface area contributed by atoms with Crippen molar-refractivity contribution in [3.05, 3.63) is 33.8 Å². The first-order valence-electron chi connectivity index (χ1n) is 6.15. The molecular weight excluding hydrogens is 330 g/mol. The number of benzene rings is 1. The fourth-order valence-electron chi connectivity index (χ4n) is 2.09. The van der Waals surface area contributed by atoms with E-state index < -0.39 is 9.84 Å². The minimum Gasteiger partial charge on any atom is -0.349 e. The molecule has 0 aliphatic carbocycles. The summed E-state index contributed by atoms with van der Waals surface area (Å²) < 4.78 is 23.6. The van der Waals surface area contributed by atoms with Gasteiger partial charge in [-0.1, -0.05) is 15.9 Å². The van der Waals surface area contributed by atoms with Crippen LogP contribution in [0.1, 0.15) is 28.8 Å². The molecule has 0 radical (unpaired) electrons. The third kappa shape index (κ3) is 3.79. The van der Waals surface area contributed by atoms with E-state index in [-0.39, 0.29) is 23.5 Å². The van der Waals surface area contributed by atoms with Gasteiger partial charge >= 0.3 is 0 Å². The van der Waals surface area contributed by atoms with Gasteiger partial charge in [0, 0.05) is 16.1 Å². The summed E-state index contributed by atoms with van der Waals surface area (Å²) in [4.78, 5) is 12.1. The molecule has 1 aliphatic rings. The minimum atomic E-state index is -2.89. The van der Waals surface area contributed by atoms with E-state index in [1.54, 1.807) is 6.07 Å². The lowest BCUT2D eigenvalue weighted by Gasteiger charge is -2.23. The monoisotopic (exact) mass is 345 g/mol. The van der Waals surface area contributed by atoms with E-state index in [1.165, 1.54) is 0 Å². The Hall–Kier alpha value is -0.880. The zero-order valence-electron chi connectivity index (χ0n) is 10.6. The Morgan fingerprint density at radius 3 is 2.53 bits per heavy atom. The molecule has 1 heterocycles. The summed E-state index contributed by atoms with van der Waals surface area (Å²) in [6, 6.07) is 5.38. The predicted molar refractivity (Wildman–Crippen MR) is 78.0 cm³/mol. The Bertz CT molecular complexity index is 584. The van der Waals surface area contributed by atoms with Crippen LogP contribution in [0.3, 0.4) is 0 Å². The van der Waals surface area contributed by atoms with Gasteiger partial charge in [-0.05, 0) is 43.5 Å². The molecule has 1 N–H and O–H groups in total. The number of halogens is 1. The molecule has 1 saturated heterocycles. The molecule has 6 heteroatoms. The molecule has 19 heavy (non-hydrogen) atoms. The maximum Gasteiger partial charge on any atom is 0.251 e. The lowest BCUT2D eigenvalue weighted by atomic mass is 10.1. The van der Waals surface area contributed by atoms with Crippen molar-refractivity contribution in [3.63, 3.8) is 0 Å². The van der Waals surface area contributed by atoms with Crippen molar-refractivity contribution < 1.29 is 13.2 Å². The van der Waals surface area contributed by atoms with Crippen molar-refractivity contribution in [1.82, 2.24) is 5.32 Å². The van der Waals surface area contributed by atoms with Crippen LogP contribution in [-0.2, 0) is 9.84 Å². The number of rotatable bonds is 2. The molecule has 0 saturated carbocycles. The second kappa shape index (κ2) is 5.63. The summed E-state index contributed by atoms with van der Waals surface area (Å²) in [5.74, 6) is 0.189. The van der Waals surface area contributed by atoms with E-state index >= 15 is 0 Å². The summed E-state index contributed by atoms with van der Waals surface area (Å²) in [5.41, 5.74) is 1.60. The summed E-state index contributed by atoms with van der Waals surface area (Å²) in [7, 11) is -2.89. The summed E-state index contributed by atoms with van der Waals surface area (Å²) in [6.07, 6.45) is 1.01. The number of carbonyl (C=O) groups excluding carboxylic acids is 1. The van der Waals surface area contributed by atoms with Crippen molar-refractivity contribution in [2.45, 2.75) is 25.8 Å². The van der Waals surface area contributed by atoms with Gasteiger partial charge in [-0.15, -0.1) is 0 Å². The van der Waals surface area contributed by atoms with Gasteiger partial charge in [0.2, 0.25) is 0 Å². The van der Waals surface area contributed by atoms with E-state index in [9.17, 15) is 13.2 Å². The number of amides is 1. The van der Waals surface area contributed by atoms with E-state index in [4.69, 9.17) is 0 Å². The van der Waals surface area contributed by atoms with Crippen LogP contribution in [0.25, 0.3) is 0 Å². The largest absolute Gasteiger partial charge is 0.349 e. The van der Waals surface area contributed by atoms with Crippen LogP contribution in [0.4, 0.5) is 0 Å². The zero-order chi connectivity index (χ0) is 14.0. The van der Waals surface area contributed by atoms with Gasteiger partial charge < -0.3 is 5.32 Å². The molecule has 1 aliphatic heterocycles. The molecule has 1 fully saturated rings. The topological polar surface area (TPSA) is 63.2 Å². The first-order valence-corrected chi connectivity index (χ1v) is 8.76. The molecule has 1 aromatic carbocycles. The highest BCUT2D eigenvalue weighted by atomic mass is 79.9. The van der Waals surface area contributed by atoms with Crippen molar-refractivity contribution in [3.8, 4) is 0 Å². The van der Waals surface area contributed by atoms with Gasteiger partial charge in [0.15, 0.2) is 0 Å². The number of carbonyl (C=O) groups is 1. The van der Waals surface area contributed by atoms with Crippen molar-refractivity contribution in [2.24, 2.45) is 0 Å². The highest BCUT2D eigenvalue weighted by molar-refractivity contribution is 9.10. The van der Waals surface area contributed by atoms with Crippen molar-refractivity contribution in [1.29, 1.82) is 0 Å². The molecule has 2 rings (SSSR count). The van der Waals surface area contributed by atoms with Crippen LogP contribution in [-0.4, -0.2) is 31.9 Å². The molecule has 0 bridgehead atoms. The zero-order valence-corrected chi connectivity index (χ0v) is 13.1. The third-order valence-electron chi connectivity index (χ3n) is 3.31. The SMILES string of the molecule is Cc1cc(C(=O)NC2CCS(=O)(=O)CC2)ccc1Br. The van der Waals surface area contributed by atoms with Gasteiger partial charge in [-0.2, -0.15) is 0 Å².